The number of amides is 1. The quantitative estimate of drug-likeness (QED) is 0.335. The molecule has 0 atom stereocenters. The van der Waals surface area contributed by atoms with Gasteiger partial charge in [-0.25, -0.2) is 5.53 Å². The number of quaternary nitrogens is 1. The number of benzene rings is 2. The van der Waals surface area contributed by atoms with Crippen LogP contribution in [0.5, 0.6) is 0 Å². The van der Waals surface area contributed by atoms with Crippen LogP contribution in [0.15, 0.2) is 78.0 Å². The Morgan fingerprint density at radius 1 is 1.09 bits per heavy atom. The highest BCUT2D eigenvalue weighted by Crippen LogP contribution is 2.25. The van der Waals surface area contributed by atoms with Gasteiger partial charge in [-0.1, -0.05) is 24.3 Å². The summed E-state index contributed by atoms with van der Waals surface area (Å²) in [6.45, 7) is 2.05. The number of rotatable bonds is 9. The van der Waals surface area contributed by atoms with Gasteiger partial charge in [0.05, 0.1) is 11.2 Å². The average Bonchev–Trinajstić information content (AvgIpc) is 2.87. The maximum absolute atomic E-state index is 12.3. The molecule has 2 heterocycles. The molecule has 0 aliphatic rings. The van der Waals surface area contributed by atoms with Crippen molar-refractivity contribution in [2.45, 2.75) is 6.54 Å². The van der Waals surface area contributed by atoms with E-state index in [1.807, 2.05) is 60.7 Å². The van der Waals surface area contributed by atoms with E-state index in [4.69, 9.17) is 10.5 Å². The molecule has 0 saturated carbocycles. The van der Waals surface area contributed by atoms with E-state index in [9.17, 15) is 4.79 Å². The van der Waals surface area contributed by atoms with Gasteiger partial charge < -0.3 is 10.2 Å². The number of nitrogens with zero attached hydrogens (tertiary/aromatic N) is 4. The number of pyridine rings is 2. The van der Waals surface area contributed by atoms with Crippen molar-refractivity contribution >= 4 is 28.3 Å². The molecule has 4 N–H and O–H groups in total. The van der Waals surface area contributed by atoms with Crippen LogP contribution in [0.25, 0.3) is 22.2 Å². The first-order valence-corrected chi connectivity index (χ1v) is 11.1. The lowest BCUT2D eigenvalue weighted by molar-refractivity contribution is -0.591. The lowest BCUT2D eigenvalue weighted by Gasteiger charge is -2.11. The number of hydrogen-bond donors (Lipinski definition) is 3. The Balaban J connectivity index is 1.48. The maximum atomic E-state index is 12.3. The van der Waals surface area contributed by atoms with Crippen molar-refractivity contribution in [2.24, 2.45) is 5.11 Å². The van der Waals surface area contributed by atoms with E-state index in [-0.39, 0.29) is 5.91 Å². The zero-order valence-corrected chi connectivity index (χ0v) is 19.3. The van der Waals surface area contributed by atoms with Crippen LogP contribution in [-0.4, -0.2) is 48.0 Å². The number of likely N-dealkylation sites (N-methyl/N-ethyl adjacent to an activating group) is 1. The second kappa shape index (κ2) is 10.7. The van der Waals surface area contributed by atoms with Crippen LogP contribution < -0.4 is 10.6 Å². The predicted octanol–water partition coefficient (Wildman–Crippen LogP) is 3.65. The van der Waals surface area contributed by atoms with Gasteiger partial charge >= 0.3 is 0 Å². The highest BCUT2D eigenvalue weighted by molar-refractivity contribution is 5.94. The zero-order valence-electron chi connectivity index (χ0n) is 19.3. The molecule has 0 aliphatic heterocycles. The van der Waals surface area contributed by atoms with Crippen molar-refractivity contribution in [3.63, 3.8) is 0 Å². The molecule has 1 amide bonds. The molecule has 172 valence electrons. The predicted molar refractivity (Wildman–Crippen MR) is 132 cm³/mol. The first-order valence-electron chi connectivity index (χ1n) is 11.1. The summed E-state index contributed by atoms with van der Waals surface area (Å²) < 4.78 is 0. The Hall–Kier alpha value is -4.01. The van der Waals surface area contributed by atoms with Crippen LogP contribution in [0.2, 0.25) is 0 Å². The molecule has 8 heteroatoms. The molecule has 2 aromatic heterocycles. The van der Waals surface area contributed by atoms with E-state index in [0.29, 0.717) is 30.2 Å². The third-order valence-electron chi connectivity index (χ3n) is 5.51. The summed E-state index contributed by atoms with van der Waals surface area (Å²) >= 11 is 0. The fourth-order valence-corrected chi connectivity index (χ4v) is 3.63. The third-order valence-corrected chi connectivity index (χ3v) is 5.51. The molecule has 2 aromatic carbocycles. The molecule has 0 aliphatic carbocycles. The molecule has 0 fully saturated rings. The van der Waals surface area contributed by atoms with Crippen molar-refractivity contribution in [3.05, 3.63) is 84.1 Å². The van der Waals surface area contributed by atoms with Crippen molar-refractivity contribution < 1.29 is 10.1 Å². The molecule has 8 nitrogen and oxygen atoms in total. The normalized spacial score (nSPS) is 11.0. The minimum atomic E-state index is -0.0932. The maximum Gasteiger partial charge on any atom is 0.253 e. The van der Waals surface area contributed by atoms with Gasteiger partial charge in [0.15, 0.2) is 5.69 Å². The topological polar surface area (TPSA) is 111 Å². The Labute approximate surface area is 198 Å². The van der Waals surface area contributed by atoms with Crippen molar-refractivity contribution in [2.75, 3.05) is 27.2 Å². The molecule has 0 unspecified atom stereocenters. The largest absolute Gasteiger partial charge is 0.351 e. The standard InChI is InChI=1S/C26H27N7O/c1-33(2)15-14-29-26(34)20-8-6-19(7-9-20)23-11-12-24(32-27)25(31-23)30-17-18-5-10-22-21(16-18)4-3-13-28-22/h3-13,16,27H,14-15,17H2,1-2H3,(H,29,34)(H,30,31)/p+1. The molecule has 0 bridgehead atoms. The smallest absolute Gasteiger partial charge is 0.253 e. The minimum Gasteiger partial charge on any atom is -0.351 e. The summed E-state index contributed by atoms with van der Waals surface area (Å²) in [6.07, 6.45) is 1.79. The monoisotopic (exact) mass is 454 g/mol. The van der Waals surface area contributed by atoms with Gasteiger partial charge in [-0.05, 0) is 56.6 Å². The van der Waals surface area contributed by atoms with Crippen LogP contribution in [0.4, 0.5) is 11.5 Å². The van der Waals surface area contributed by atoms with Crippen molar-refractivity contribution in [3.8, 4) is 11.3 Å². The Morgan fingerprint density at radius 2 is 1.91 bits per heavy atom. The molecule has 0 saturated heterocycles. The highest BCUT2D eigenvalue weighted by Gasteiger charge is 2.12. The summed E-state index contributed by atoms with van der Waals surface area (Å²) in [6, 6.07) is 21.2. The van der Waals surface area contributed by atoms with E-state index in [1.165, 1.54) is 0 Å². The lowest BCUT2D eigenvalue weighted by atomic mass is 10.1. The Bertz CT molecular complexity index is 1300. The Kier molecular flexibility index (Phi) is 7.31. The van der Waals surface area contributed by atoms with E-state index in [2.05, 4.69) is 27.5 Å². The molecule has 34 heavy (non-hydrogen) atoms. The first-order chi connectivity index (χ1) is 16.5. The second-order valence-corrected chi connectivity index (χ2v) is 8.29. The zero-order chi connectivity index (χ0) is 23.9. The molecule has 4 aromatic rings. The van der Waals surface area contributed by atoms with Crippen LogP contribution in [-0.2, 0) is 6.54 Å². The molecular weight excluding hydrogens is 426 g/mol. The Morgan fingerprint density at radius 3 is 2.68 bits per heavy atom. The average molecular weight is 455 g/mol. The first kappa shape index (κ1) is 23.2. The number of fused-ring (bicyclic) bond motifs is 1. The van der Waals surface area contributed by atoms with Gasteiger partial charge in [0.1, 0.15) is 6.54 Å². The van der Waals surface area contributed by atoms with Gasteiger partial charge in [-0.2, -0.15) is 10.1 Å². The second-order valence-electron chi connectivity index (χ2n) is 8.29. The molecule has 0 spiro atoms. The molecular formula is C26H28N7O+. The van der Waals surface area contributed by atoms with Crippen LogP contribution in [0.1, 0.15) is 15.9 Å². The van der Waals surface area contributed by atoms with E-state index in [0.717, 1.165) is 34.3 Å². The minimum absolute atomic E-state index is 0.0932. The fraction of sp³-hybridized carbons (Fsp3) is 0.192. The van der Waals surface area contributed by atoms with Gasteiger partial charge in [-0.3, -0.25) is 15.1 Å². The van der Waals surface area contributed by atoms with Crippen LogP contribution >= 0.6 is 0 Å². The highest BCUT2D eigenvalue weighted by atomic mass is 16.1. The lowest BCUT2D eigenvalue weighted by Crippen LogP contribution is -2.76. The molecule has 4 rings (SSSR count). The van der Waals surface area contributed by atoms with Gasteiger partial charge in [0.2, 0.25) is 0 Å². The van der Waals surface area contributed by atoms with E-state index >= 15 is 0 Å². The summed E-state index contributed by atoms with van der Waals surface area (Å²) in [5.41, 5.74) is 12.4. The number of nitrogens with two attached hydrogens (primary N) is 1. The van der Waals surface area contributed by atoms with Crippen LogP contribution in [0.3, 0.4) is 0 Å². The summed E-state index contributed by atoms with van der Waals surface area (Å²) in [5.74, 6) is 0.564. The number of nitrogens with one attached hydrogen (secondary N) is 2. The number of aromatic nitrogens is 2. The van der Waals surface area contributed by atoms with Crippen LogP contribution in [0, 0.1) is 5.53 Å². The van der Waals surface area contributed by atoms with Gasteiger partial charge in [0, 0.05) is 41.4 Å². The summed E-state index contributed by atoms with van der Waals surface area (Å²) in [5, 5.41) is 9.63. The van der Waals surface area contributed by atoms with E-state index in [1.54, 1.807) is 24.4 Å². The number of carbonyl (C=O) groups is 1. The van der Waals surface area contributed by atoms with Crippen molar-refractivity contribution in [1.82, 2.24) is 20.2 Å². The summed E-state index contributed by atoms with van der Waals surface area (Å²) in [7, 11) is 3.94. The number of carbonyl (C=O) groups excluding carboxylic acids is 1. The molecule has 0 radical (unpaired) electrons. The SMILES string of the molecule is CN(C)CCNC(=O)c1ccc(-c2ccc(N=N)c([NH2+]Cc3ccc4ncccc4c3)n2)cc1. The third kappa shape index (κ3) is 5.67. The number of hydrogen-bond acceptors (Lipinski definition) is 6. The fourth-order valence-electron chi connectivity index (χ4n) is 3.63. The van der Waals surface area contributed by atoms with Gasteiger partial charge in [-0.15, -0.1) is 0 Å². The van der Waals surface area contributed by atoms with Gasteiger partial charge in [0.25, 0.3) is 11.7 Å². The van der Waals surface area contributed by atoms with Crippen molar-refractivity contribution in [1.29, 1.82) is 5.53 Å². The summed E-state index contributed by atoms with van der Waals surface area (Å²) in [4.78, 5) is 23.5. The van der Waals surface area contributed by atoms with E-state index < -0.39 is 0 Å².